The molecule has 0 saturated heterocycles. The van der Waals surface area contributed by atoms with Crippen molar-refractivity contribution in [2.24, 2.45) is 0 Å². The molecule has 0 aromatic heterocycles. The highest BCUT2D eigenvalue weighted by Crippen LogP contribution is 2.29. The molecule has 0 spiro atoms. The van der Waals surface area contributed by atoms with E-state index < -0.39 is 6.10 Å². The summed E-state index contributed by atoms with van der Waals surface area (Å²) in [4.78, 5) is 0. The maximum absolute atomic E-state index is 10.0. The highest BCUT2D eigenvalue weighted by Gasteiger charge is 2.19. The Hall–Kier alpha value is -1.82. The molecule has 2 aromatic rings. The molecule has 3 heteroatoms. The Morgan fingerprint density at radius 3 is 2.37 bits per heavy atom. The third-order valence-corrected chi connectivity index (χ3v) is 3.34. The summed E-state index contributed by atoms with van der Waals surface area (Å²) in [6.45, 7) is 1.75. The maximum atomic E-state index is 10.0. The molecule has 19 heavy (non-hydrogen) atoms. The zero-order chi connectivity index (χ0) is 13.8. The lowest BCUT2D eigenvalue weighted by Gasteiger charge is -2.21. The Kier molecular flexibility index (Phi) is 4.21. The third kappa shape index (κ3) is 3.14. The van der Waals surface area contributed by atoms with Crippen LogP contribution < -0.4 is 0 Å². The van der Waals surface area contributed by atoms with E-state index >= 15 is 0 Å². The lowest BCUT2D eigenvalue weighted by molar-refractivity contribution is 0.176. The first-order chi connectivity index (χ1) is 9.11. The molecule has 0 bridgehead atoms. The zero-order valence-electron chi connectivity index (χ0n) is 10.5. The van der Waals surface area contributed by atoms with Gasteiger partial charge in [-0.15, -0.1) is 0 Å². The highest BCUT2D eigenvalue weighted by atomic mass is 35.5. The largest absolute Gasteiger partial charge is 0.392 e. The maximum Gasteiger partial charge on any atom is 0.0991 e. The fraction of sp³-hybridized carbons (Fsp3) is 0.188. The zero-order valence-corrected chi connectivity index (χ0v) is 11.3. The molecule has 0 heterocycles. The van der Waals surface area contributed by atoms with E-state index in [9.17, 15) is 5.11 Å². The molecule has 0 radical (unpaired) electrons. The van der Waals surface area contributed by atoms with Gasteiger partial charge in [0.2, 0.25) is 0 Å². The number of aliphatic hydroxyl groups excluding tert-OH is 1. The number of nitriles is 1. The van der Waals surface area contributed by atoms with Crippen LogP contribution in [0.5, 0.6) is 0 Å². The summed E-state index contributed by atoms with van der Waals surface area (Å²) in [5, 5.41) is 19.7. The molecule has 0 amide bonds. The van der Waals surface area contributed by atoms with Crippen LogP contribution >= 0.6 is 11.6 Å². The standard InChI is InChI=1S/C16H14ClNO/c1-11(19)16(13-5-7-15(17)8-6-13)14-4-2-3-12(9-14)10-18/h2-9,11,16,19H,1H3. The molecule has 0 aliphatic rings. The van der Waals surface area contributed by atoms with Gasteiger partial charge in [0, 0.05) is 10.9 Å². The molecule has 0 fully saturated rings. The van der Waals surface area contributed by atoms with Crippen molar-refractivity contribution in [1.29, 1.82) is 5.26 Å². The molecule has 0 aliphatic heterocycles. The quantitative estimate of drug-likeness (QED) is 0.924. The van der Waals surface area contributed by atoms with Gasteiger partial charge < -0.3 is 5.11 Å². The molecular weight excluding hydrogens is 258 g/mol. The van der Waals surface area contributed by atoms with E-state index in [1.54, 1.807) is 25.1 Å². The van der Waals surface area contributed by atoms with Crippen molar-refractivity contribution >= 4 is 11.6 Å². The molecule has 2 rings (SSSR count). The summed E-state index contributed by atoms with van der Waals surface area (Å²) in [6, 6.07) is 16.9. The van der Waals surface area contributed by atoms with Crippen molar-refractivity contribution < 1.29 is 5.11 Å². The second-order valence-electron chi connectivity index (χ2n) is 4.51. The Morgan fingerprint density at radius 1 is 1.11 bits per heavy atom. The van der Waals surface area contributed by atoms with E-state index in [-0.39, 0.29) is 5.92 Å². The summed E-state index contributed by atoms with van der Waals surface area (Å²) >= 11 is 5.88. The van der Waals surface area contributed by atoms with Gasteiger partial charge in [-0.25, -0.2) is 0 Å². The number of halogens is 1. The van der Waals surface area contributed by atoms with Gasteiger partial charge in [-0.3, -0.25) is 0 Å². The van der Waals surface area contributed by atoms with Crippen molar-refractivity contribution in [1.82, 2.24) is 0 Å². The van der Waals surface area contributed by atoms with Crippen LogP contribution in [0.1, 0.15) is 29.5 Å². The predicted molar refractivity (Wildman–Crippen MR) is 76.1 cm³/mol. The van der Waals surface area contributed by atoms with E-state index in [1.807, 2.05) is 30.3 Å². The molecule has 0 aliphatic carbocycles. The number of hydrogen-bond donors (Lipinski definition) is 1. The summed E-state index contributed by atoms with van der Waals surface area (Å²) in [5.74, 6) is -0.162. The van der Waals surface area contributed by atoms with Crippen LogP contribution in [0.15, 0.2) is 48.5 Å². The predicted octanol–water partition coefficient (Wildman–Crippen LogP) is 3.72. The van der Waals surface area contributed by atoms with Crippen LogP contribution in [0, 0.1) is 11.3 Å². The monoisotopic (exact) mass is 271 g/mol. The molecule has 96 valence electrons. The fourth-order valence-electron chi connectivity index (χ4n) is 2.22. The van der Waals surface area contributed by atoms with Crippen LogP contribution in [0.3, 0.4) is 0 Å². The molecular formula is C16H14ClNO. The average Bonchev–Trinajstić information content (AvgIpc) is 2.41. The number of hydrogen-bond acceptors (Lipinski definition) is 2. The molecule has 2 aromatic carbocycles. The van der Waals surface area contributed by atoms with Gasteiger partial charge in [0.25, 0.3) is 0 Å². The van der Waals surface area contributed by atoms with Crippen LogP contribution in [0.2, 0.25) is 5.02 Å². The van der Waals surface area contributed by atoms with E-state index in [0.717, 1.165) is 11.1 Å². The van der Waals surface area contributed by atoms with Gasteiger partial charge in [-0.1, -0.05) is 35.9 Å². The van der Waals surface area contributed by atoms with Crippen molar-refractivity contribution in [3.05, 3.63) is 70.2 Å². The minimum atomic E-state index is -0.546. The first kappa shape index (κ1) is 13.6. The first-order valence-electron chi connectivity index (χ1n) is 6.05. The van der Waals surface area contributed by atoms with E-state index in [2.05, 4.69) is 6.07 Å². The van der Waals surface area contributed by atoms with Crippen LogP contribution in [-0.2, 0) is 0 Å². The molecule has 0 saturated carbocycles. The number of nitrogens with zero attached hydrogens (tertiary/aromatic N) is 1. The van der Waals surface area contributed by atoms with Gasteiger partial charge in [-0.05, 0) is 42.3 Å². The van der Waals surface area contributed by atoms with Crippen LogP contribution in [0.25, 0.3) is 0 Å². The van der Waals surface area contributed by atoms with Crippen molar-refractivity contribution in [2.45, 2.75) is 18.9 Å². The number of benzene rings is 2. The first-order valence-corrected chi connectivity index (χ1v) is 6.43. The van der Waals surface area contributed by atoms with Crippen LogP contribution in [-0.4, -0.2) is 11.2 Å². The summed E-state index contributed by atoms with van der Waals surface area (Å²) < 4.78 is 0. The second kappa shape index (κ2) is 5.88. The van der Waals surface area contributed by atoms with Gasteiger partial charge in [0.1, 0.15) is 0 Å². The Balaban J connectivity index is 2.45. The third-order valence-electron chi connectivity index (χ3n) is 3.09. The molecule has 1 N–H and O–H groups in total. The number of rotatable bonds is 3. The smallest absolute Gasteiger partial charge is 0.0991 e. The second-order valence-corrected chi connectivity index (χ2v) is 4.94. The lowest BCUT2D eigenvalue weighted by Crippen LogP contribution is -2.16. The molecule has 2 nitrogen and oxygen atoms in total. The van der Waals surface area contributed by atoms with E-state index in [0.29, 0.717) is 10.6 Å². The summed E-state index contributed by atoms with van der Waals surface area (Å²) in [7, 11) is 0. The molecule has 2 unspecified atom stereocenters. The van der Waals surface area contributed by atoms with Gasteiger partial charge in [-0.2, -0.15) is 5.26 Å². The van der Waals surface area contributed by atoms with Crippen molar-refractivity contribution in [3.8, 4) is 6.07 Å². The summed E-state index contributed by atoms with van der Waals surface area (Å²) in [5.41, 5.74) is 2.50. The average molecular weight is 272 g/mol. The SMILES string of the molecule is CC(O)C(c1ccc(Cl)cc1)c1cccc(C#N)c1. The summed E-state index contributed by atoms with van der Waals surface area (Å²) in [6.07, 6.45) is -0.546. The highest BCUT2D eigenvalue weighted by molar-refractivity contribution is 6.30. The Bertz CT molecular complexity index is 599. The molecule has 2 atom stereocenters. The van der Waals surface area contributed by atoms with Crippen molar-refractivity contribution in [3.63, 3.8) is 0 Å². The number of aliphatic hydroxyl groups is 1. The van der Waals surface area contributed by atoms with Gasteiger partial charge in [0.15, 0.2) is 0 Å². The Labute approximate surface area is 117 Å². The van der Waals surface area contributed by atoms with Gasteiger partial charge >= 0.3 is 0 Å². The normalized spacial score (nSPS) is 13.6. The van der Waals surface area contributed by atoms with E-state index in [4.69, 9.17) is 16.9 Å². The minimum absolute atomic E-state index is 0.162. The Morgan fingerprint density at radius 2 is 1.79 bits per heavy atom. The topological polar surface area (TPSA) is 44.0 Å². The van der Waals surface area contributed by atoms with Crippen LogP contribution in [0.4, 0.5) is 0 Å². The fourth-order valence-corrected chi connectivity index (χ4v) is 2.35. The minimum Gasteiger partial charge on any atom is -0.392 e. The van der Waals surface area contributed by atoms with Gasteiger partial charge in [0.05, 0.1) is 17.7 Å². The lowest BCUT2D eigenvalue weighted by atomic mass is 9.86. The van der Waals surface area contributed by atoms with E-state index in [1.165, 1.54) is 0 Å². The van der Waals surface area contributed by atoms with Crippen molar-refractivity contribution in [2.75, 3.05) is 0 Å².